The number of thioether (sulfide) groups is 1. The average molecular weight is 252 g/mol. The van der Waals surface area contributed by atoms with E-state index in [0.29, 0.717) is 0 Å². The van der Waals surface area contributed by atoms with Gasteiger partial charge in [0.05, 0.1) is 6.54 Å². The van der Waals surface area contributed by atoms with Crippen LogP contribution in [0.4, 0.5) is 0 Å². The first-order chi connectivity index (χ1) is 8.33. The molecule has 0 amide bonds. The topological polar surface area (TPSA) is 24.4 Å². The molecule has 0 aromatic heterocycles. The van der Waals surface area contributed by atoms with E-state index in [0.717, 1.165) is 36.1 Å². The summed E-state index contributed by atoms with van der Waals surface area (Å²) in [5.74, 6) is 2.77. The van der Waals surface area contributed by atoms with Crippen LogP contribution in [0.25, 0.3) is 0 Å². The Morgan fingerprint density at radius 1 is 1.24 bits per heavy atom. The van der Waals surface area contributed by atoms with Gasteiger partial charge in [0.25, 0.3) is 0 Å². The van der Waals surface area contributed by atoms with Crippen molar-refractivity contribution in [2.75, 3.05) is 13.1 Å². The lowest BCUT2D eigenvalue weighted by atomic mass is 9.80. The molecule has 3 heteroatoms. The van der Waals surface area contributed by atoms with Gasteiger partial charge in [0, 0.05) is 11.8 Å². The molecule has 2 saturated carbocycles. The Morgan fingerprint density at radius 2 is 2.06 bits per heavy atom. The number of aliphatic imine (C=N–C) groups is 1. The van der Waals surface area contributed by atoms with E-state index in [1.807, 2.05) is 11.8 Å². The Hall–Kier alpha value is -0.180. The summed E-state index contributed by atoms with van der Waals surface area (Å²) in [5.41, 5.74) is 0. The summed E-state index contributed by atoms with van der Waals surface area (Å²) in [6.07, 6.45) is 8.60. The van der Waals surface area contributed by atoms with Crippen molar-refractivity contribution in [3.05, 3.63) is 0 Å². The molecule has 3 atom stereocenters. The minimum Gasteiger partial charge on any atom is -0.365 e. The van der Waals surface area contributed by atoms with E-state index < -0.39 is 0 Å². The summed E-state index contributed by atoms with van der Waals surface area (Å²) >= 11 is 2.01. The summed E-state index contributed by atoms with van der Waals surface area (Å²) in [6.45, 7) is 4.64. The van der Waals surface area contributed by atoms with E-state index in [1.165, 1.54) is 43.7 Å². The molecule has 0 saturated heterocycles. The molecule has 96 valence electrons. The molecule has 0 radical (unpaired) electrons. The summed E-state index contributed by atoms with van der Waals surface area (Å²) in [5, 5.41) is 5.65. The van der Waals surface area contributed by atoms with Crippen LogP contribution in [-0.2, 0) is 0 Å². The monoisotopic (exact) mass is 252 g/mol. The predicted octanol–water partition coefficient (Wildman–Crippen LogP) is 3.28. The second-order valence-corrected chi connectivity index (χ2v) is 7.27. The minimum absolute atomic E-state index is 0.807. The standard InChI is InChI=1S/C14H24N2S/c1-10-4-2-3-5-12(10)8-15-14-16-9-13(17-14)11-6-7-11/h10-13H,2-9H2,1H3,(H,15,16). The van der Waals surface area contributed by atoms with Gasteiger partial charge in [-0.2, -0.15) is 0 Å². The Labute approximate surface area is 109 Å². The Bertz CT molecular complexity index is 299. The highest BCUT2D eigenvalue weighted by atomic mass is 32.2. The van der Waals surface area contributed by atoms with Crippen LogP contribution >= 0.6 is 11.8 Å². The van der Waals surface area contributed by atoms with Crippen LogP contribution in [0, 0.1) is 17.8 Å². The lowest BCUT2D eigenvalue weighted by molar-refractivity contribution is 0.257. The molecule has 0 bridgehead atoms. The molecule has 2 aliphatic carbocycles. The van der Waals surface area contributed by atoms with Crippen LogP contribution in [0.1, 0.15) is 45.4 Å². The first-order valence-electron chi connectivity index (χ1n) is 7.28. The Kier molecular flexibility index (Phi) is 3.64. The van der Waals surface area contributed by atoms with Crippen molar-refractivity contribution in [3.63, 3.8) is 0 Å². The van der Waals surface area contributed by atoms with Gasteiger partial charge in [0.1, 0.15) is 0 Å². The first-order valence-corrected chi connectivity index (χ1v) is 8.16. The highest BCUT2D eigenvalue weighted by Crippen LogP contribution is 2.41. The summed E-state index contributed by atoms with van der Waals surface area (Å²) in [6, 6.07) is 0. The SMILES string of the molecule is CC1CCCCC1CNC1=NCC(C2CC2)S1. The van der Waals surface area contributed by atoms with Crippen molar-refractivity contribution in [2.24, 2.45) is 22.7 Å². The van der Waals surface area contributed by atoms with Crippen molar-refractivity contribution < 1.29 is 0 Å². The maximum absolute atomic E-state index is 4.66. The molecule has 3 rings (SSSR count). The van der Waals surface area contributed by atoms with Gasteiger partial charge in [-0.05, 0) is 37.0 Å². The van der Waals surface area contributed by atoms with Crippen LogP contribution < -0.4 is 5.32 Å². The fraction of sp³-hybridized carbons (Fsp3) is 0.929. The third kappa shape index (κ3) is 2.98. The Morgan fingerprint density at radius 3 is 2.82 bits per heavy atom. The average Bonchev–Trinajstić information content (AvgIpc) is 3.08. The van der Waals surface area contributed by atoms with Gasteiger partial charge >= 0.3 is 0 Å². The highest BCUT2D eigenvalue weighted by molar-refractivity contribution is 8.14. The maximum Gasteiger partial charge on any atom is 0.156 e. The highest BCUT2D eigenvalue weighted by Gasteiger charge is 2.35. The molecule has 1 N–H and O–H groups in total. The molecule has 1 aliphatic heterocycles. The van der Waals surface area contributed by atoms with Crippen molar-refractivity contribution in [1.82, 2.24) is 5.32 Å². The minimum atomic E-state index is 0.807. The fourth-order valence-corrected chi connectivity index (χ4v) is 4.33. The predicted molar refractivity (Wildman–Crippen MR) is 75.5 cm³/mol. The third-order valence-electron chi connectivity index (χ3n) is 4.63. The van der Waals surface area contributed by atoms with E-state index in [1.54, 1.807) is 0 Å². The lowest BCUT2D eigenvalue weighted by Crippen LogP contribution is -2.31. The quantitative estimate of drug-likeness (QED) is 0.833. The van der Waals surface area contributed by atoms with E-state index in [2.05, 4.69) is 17.2 Å². The lowest BCUT2D eigenvalue weighted by Gasteiger charge is -2.29. The molecular formula is C14H24N2S. The van der Waals surface area contributed by atoms with Gasteiger partial charge < -0.3 is 5.32 Å². The number of amidine groups is 1. The van der Waals surface area contributed by atoms with Gasteiger partial charge in [-0.3, -0.25) is 4.99 Å². The third-order valence-corrected chi connectivity index (χ3v) is 5.96. The van der Waals surface area contributed by atoms with Crippen LogP contribution in [-0.4, -0.2) is 23.5 Å². The molecule has 3 aliphatic rings. The van der Waals surface area contributed by atoms with Crippen LogP contribution in [0.5, 0.6) is 0 Å². The number of nitrogens with one attached hydrogen (secondary N) is 1. The zero-order valence-corrected chi connectivity index (χ0v) is 11.6. The molecule has 0 aromatic carbocycles. The normalized spacial score (nSPS) is 37.9. The van der Waals surface area contributed by atoms with Crippen LogP contribution in [0.2, 0.25) is 0 Å². The number of nitrogens with zero attached hydrogens (tertiary/aromatic N) is 1. The van der Waals surface area contributed by atoms with Gasteiger partial charge in [0.2, 0.25) is 0 Å². The molecule has 0 spiro atoms. The fourth-order valence-electron chi connectivity index (χ4n) is 3.12. The van der Waals surface area contributed by atoms with Crippen molar-refractivity contribution >= 4 is 16.9 Å². The smallest absolute Gasteiger partial charge is 0.156 e. The summed E-state index contributed by atoms with van der Waals surface area (Å²) in [7, 11) is 0. The second-order valence-electron chi connectivity index (χ2n) is 6.04. The zero-order valence-electron chi connectivity index (χ0n) is 10.8. The van der Waals surface area contributed by atoms with Crippen LogP contribution in [0.3, 0.4) is 0 Å². The molecule has 2 fully saturated rings. The van der Waals surface area contributed by atoms with Gasteiger partial charge in [-0.25, -0.2) is 0 Å². The van der Waals surface area contributed by atoms with Crippen molar-refractivity contribution in [1.29, 1.82) is 0 Å². The van der Waals surface area contributed by atoms with Gasteiger partial charge in [-0.15, -0.1) is 0 Å². The number of hydrogen-bond acceptors (Lipinski definition) is 3. The maximum atomic E-state index is 4.66. The van der Waals surface area contributed by atoms with Crippen molar-refractivity contribution in [2.45, 2.75) is 50.7 Å². The largest absolute Gasteiger partial charge is 0.365 e. The Balaban J connectivity index is 1.41. The molecule has 3 unspecified atom stereocenters. The zero-order chi connectivity index (χ0) is 11.7. The van der Waals surface area contributed by atoms with Gasteiger partial charge in [-0.1, -0.05) is 37.9 Å². The van der Waals surface area contributed by atoms with E-state index in [4.69, 9.17) is 0 Å². The summed E-state index contributed by atoms with van der Waals surface area (Å²) in [4.78, 5) is 4.66. The first kappa shape index (κ1) is 11.9. The summed E-state index contributed by atoms with van der Waals surface area (Å²) < 4.78 is 0. The van der Waals surface area contributed by atoms with Crippen molar-refractivity contribution in [3.8, 4) is 0 Å². The molecule has 2 nitrogen and oxygen atoms in total. The molecular weight excluding hydrogens is 228 g/mol. The van der Waals surface area contributed by atoms with E-state index in [9.17, 15) is 0 Å². The number of rotatable bonds is 3. The number of hydrogen-bond donors (Lipinski definition) is 1. The van der Waals surface area contributed by atoms with E-state index >= 15 is 0 Å². The van der Waals surface area contributed by atoms with Gasteiger partial charge in [0.15, 0.2) is 5.17 Å². The van der Waals surface area contributed by atoms with E-state index in [-0.39, 0.29) is 0 Å². The van der Waals surface area contributed by atoms with Crippen LogP contribution in [0.15, 0.2) is 4.99 Å². The molecule has 0 aromatic rings. The molecule has 17 heavy (non-hydrogen) atoms. The molecule has 1 heterocycles. The second kappa shape index (κ2) is 5.21.